The number of ether oxygens (including phenoxy) is 1. The number of rotatable bonds is 9. The molecule has 29 heavy (non-hydrogen) atoms. The molecule has 2 aromatic heterocycles. The zero-order valence-electron chi connectivity index (χ0n) is 17.0. The Labute approximate surface area is 178 Å². The lowest BCUT2D eigenvalue weighted by Crippen LogP contribution is -2.15. The number of carbonyl (C=O) groups is 1. The molecule has 0 bridgehead atoms. The van der Waals surface area contributed by atoms with Crippen LogP contribution in [0.2, 0.25) is 0 Å². The van der Waals surface area contributed by atoms with Gasteiger partial charge in [0.15, 0.2) is 22.2 Å². The lowest BCUT2D eigenvalue weighted by molar-refractivity contribution is -0.113. The Hall–Kier alpha value is -2.39. The van der Waals surface area contributed by atoms with Gasteiger partial charge >= 0.3 is 0 Å². The van der Waals surface area contributed by atoms with Gasteiger partial charge in [-0.05, 0) is 44.9 Å². The van der Waals surface area contributed by atoms with Crippen LogP contribution >= 0.6 is 23.1 Å². The van der Waals surface area contributed by atoms with Crippen LogP contribution in [0.3, 0.4) is 0 Å². The standard InChI is InChI=1S/C20H25N5O2S2/c1-5-15-7-9-16(10-8-15)27-14(4)18-23-24-20(25(18)6-2)29-12-17(26)22-19-21-13(3)11-28-19/h7-11,14H,5-6,12H2,1-4H3,(H,21,22,26)/t14-/m1/s1. The molecule has 0 spiro atoms. The highest BCUT2D eigenvalue weighted by Crippen LogP contribution is 2.25. The predicted molar refractivity (Wildman–Crippen MR) is 117 cm³/mol. The average Bonchev–Trinajstić information content (AvgIpc) is 3.32. The fourth-order valence-electron chi connectivity index (χ4n) is 2.76. The van der Waals surface area contributed by atoms with Crippen molar-refractivity contribution in [2.24, 2.45) is 0 Å². The van der Waals surface area contributed by atoms with Gasteiger partial charge in [0, 0.05) is 11.9 Å². The Kier molecular flexibility index (Phi) is 7.27. The third kappa shape index (κ3) is 5.57. The van der Waals surface area contributed by atoms with E-state index < -0.39 is 0 Å². The highest BCUT2D eigenvalue weighted by atomic mass is 32.2. The average molecular weight is 432 g/mol. The number of thioether (sulfide) groups is 1. The first-order valence-electron chi connectivity index (χ1n) is 9.53. The third-order valence-corrected chi connectivity index (χ3v) is 6.11. The van der Waals surface area contributed by atoms with Crippen LogP contribution in [0.25, 0.3) is 0 Å². The van der Waals surface area contributed by atoms with Gasteiger partial charge in [0.1, 0.15) is 5.75 Å². The molecule has 1 amide bonds. The minimum Gasteiger partial charge on any atom is -0.483 e. The number of nitrogens with one attached hydrogen (secondary N) is 1. The van der Waals surface area contributed by atoms with E-state index in [4.69, 9.17) is 4.74 Å². The number of hydrogen-bond acceptors (Lipinski definition) is 7. The number of anilines is 1. The summed E-state index contributed by atoms with van der Waals surface area (Å²) in [4.78, 5) is 16.4. The Morgan fingerprint density at radius 3 is 2.66 bits per heavy atom. The topological polar surface area (TPSA) is 81.9 Å². The van der Waals surface area contributed by atoms with Gasteiger partial charge in [0.2, 0.25) is 5.91 Å². The minimum absolute atomic E-state index is 0.114. The summed E-state index contributed by atoms with van der Waals surface area (Å²) in [6.07, 6.45) is 0.743. The lowest BCUT2D eigenvalue weighted by Gasteiger charge is -2.15. The van der Waals surface area contributed by atoms with Gasteiger partial charge in [-0.25, -0.2) is 4.98 Å². The summed E-state index contributed by atoms with van der Waals surface area (Å²) in [6, 6.07) is 8.08. The van der Waals surface area contributed by atoms with Crippen molar-refractivity contribution in [3.8, 4) is 5.75 Å². The van der Waals surface area contributed by atoms with Crippen molar-refractivity contribution in [3.05, 3.63) is 46.7 Å². The van der Waals surface area contributed by atoms with Crippen LogP contribution in [0.5, 0.6) is 5.75 Å². The van der Waals surface area contributed by atoms with E-state index >= 15 is 0 Å². The highest BCUT2D eigenvalue weighted by molar-refractivity contribution is 7.99. The summed E-state index contributed by atoms with van der Waals surface area (Å²) in [5, 5.41) is 14.6. The van der Waals surface area contributed by atoms with Crippen LogP contribution in [0, 0.1) is 6.92 Å². The molecule has 0 aliphatic rings. The van der Waals surface area contributed by atoms with Crippen molar-refractivity contribution in [2.75, 3.05) is 11.1 Å². The zero-order chi connectivity index (χ0) is 20.8. The summed E-state index contributed by atoms with van der Waals surface area (Å²) in [6.45, 7) is 8.70. The molecule has 2 heterocycles. The van der Waals surface area contributed by atoms with Crippen molar-refractivity contribution in [1.29, 1.82) is 0 Å². The van der Waals surface area contributed by atoms with E-state index in [0.29, 0.717) is 16.8 Å². The molecular formula is C20H25N5O2S2. The van der Waals surface area contributed by atoms with Crippen molar-refractivity contribution < 1.29 is 9.53 Å². The lowest BCUT2D eigenvalue weighted by atomic mass is 10.2. The van der Waals surface area contributed by atoms with Crippen molar-refractivity contribution >= 4 is 34.1 Å². The number of aryl methyl sites for hydroxylation is 2. The number of thiazole rings is 1. The summed E-state index contributed by atoms with van der Waals surface area (Å²) >= 11 is 2.77. The maximum Gasteiger partial charge on any atom is 0.236 e. The molecular weight excluding hydrogens is 406 g/mol. The third-order valence-electron chi connectivity index (χ3n) is 4.27. The molecule has 1 atom stereocenters. The second-order valence-corrected chi connectivity index (χ2v) is 8.27. The molecule has 154 valence electrons. The van der Waals surface area contributed by atoms with Gasteiger partial charge < -0.3 is 14.6 Å². The van der Waals surface area contributed by atoms with Gasteiger partial charge in [-0.1, -0.05) is 30.8 Å². The first kappa shape index (κ1) is 21.3. The summed E-state index contributed by atoms with van der Waals surface area (Å²) in [5.41, 5.74) is 2.17. The number of amides is 1. The minimum atomic E-state index is -0.253. The van der Waals surface area contributed by atoms with Gasteiger partial charge in [0.25, 0.3) is 0 Å². The highest BCUT2D eigenvalue weighted by Gasteiger charge is 2.19. The molecule has 3 rings (SSSR count). The first-order chi connectivity index (χ1) is 14.0. The van der Waals surface area contributed by atoms with Crippen molar-refractivity contribution in [1.82, 2.24) is 19.7 Å². The van der Waals surface area contributed by atoms with Crippen LogP contribution in [-0.4, -0.2) is 31.4 Å². The molecule has 0 fully saturated rings. The maximum atomic E-state index is 12.2. The summed E-state index contributed by atoms with van der Waals surface area (Å²) in [7, 11) is 0. The van der Waals surface area contributed by atoms with Crippen LogP contribution in [-0.2, 0) is 17.8 Å². The van der Waals surface area contributed by atoms with Crippen LogP contribution in [0.4, 0.5) is 5.13 Å². The molecule has 0 aliphatic carbocycles. The van der Waals surface area contributed by atoms with Crippen molar-refractivity contribution in [2.45, 2.75) is 51.9 Å². The quantitative estimate of drug-likeness (QED) is 0.503. The Bertz CT molecular complexity index is 952. The molecule has 3 aromatic rings. The largest absolute Gasteiger partial charge is 0.483 e. The van der Waals surface area contributed by atoms with E-state index in [-0.39, 0.29) is 17.8 Å². The van der Waals surface area contributed by atoms with E-state index in [1.807, 2.05) is 42.9 Å². The smallest absolute Gasteiger partial charge is 0.236 e. The van der Waals surface area contributed by atoms with E-state index in [9.17, 15) is 4.79 Å². The number of hydrogen-bond donors (Lipinski definition) is 1. The molecule has 0 radical (unpaired) electrons. The van der Waals surface area contributed by atoms with Crippen LogP contribution < -0.4 is 10.1 Å². The predicted octanol–water partition coefficient (Wildman–Crippen LogP) is 4.50. The van der Waals surface area contributed by atoms with E-state index in [2.05, 4.69) is 39.6 Å². The molecule has 1 N–H and O–H groups in total. The fraction of sp³-hybridized carbons (Fsp3) is 0.400. The number of aromatic nitrogens is 4. The second kappa shape index (κ2) is 9.89. The van der Waals surface area contributed by atoms with Gasteiger partial charge in [-0.2, -0.15) is 0 Å². The van der Waals surface area contributed by atoms with Gasteiger partial charge in [-0.15, -0.1) is 21.5 Å². The van der Waals surface area contributed by atoms with Crippen LogP contribution in [0.1, 0.15) is 44.0 Å². The molecule has 0 unspecified atom stereocenters. The fourth-order valence-corrected chi connectivity index (χ4v) is 4.28. The van der Waals surface area contributed by atoms with E-state index in [1.54, 1.807) is 0 Å². The molecule has 0 aliphatic heterocycles. The van der Waals surface area contributed by atoms with Gasteiger partial charge in [-0.3, -0.25) is 4.79 Å². The second-order valence-electron chi connectivity index (χ2n) is 6.47. The van der Waals surface area contributed by atoms with Gasteiger partial charge in [0.05, 0.1) is 11.4 Å². The van der Waals surface area contributed by atoms with E-state index in [0.717, 1.165) is 23.7 Å². The molecule has 1 aromatic carbocycles. The monoisotopic (exact) mass is 431 g/mol. The van der Waals surface area contributed by atoms with E-state index in [1.165, 1.54) is 28.7 Å². The first-order valence-corrected chi connectivity index (χ1v) is 11.4. The molecule has 7 nitrogen and oxygen atoms in total. The Balaban J connectivity index is 1.61. The number of carbonyl (C=O) groups excluding carboxylic acids is 1. The number of benzene rings is 1. The van der Waals surface area contributed by atoms with Crippen LogP contribution in [0.15, 0.2) is 34.8 Å². The summed E-state index contributed by atoms with van der Waals surface area (Å²) in [5.74, 6) is 1.67. The normalized spacial score (nSPS) is 12.0. The van der Waals surface area contributed by atoms with Crippen molar-refractivity contribution in [3.63, 3.8) is 0 Å². The summed E-state index contributed by atoms with van der Waals surface area (Å²) < 4.78 is 8.03. The SMILES string of the molecule is CCc1ccc(O[C@H](C)c2nnc(SCC(=O)Nc3nc(C)cs3)n2CC)cc1. The zero-order valence-corrected chi connectivity index (χ0v) is 18.6. The maximum absolute atomic E-state index is 12.2. The molecule has 9 heteroatoms. The number of nitrogens with zero attached hydrogens (tertiary/aromatic N) is 4. The Morgan fingerprint density at radius 2 is 2.03 bits per heavy atom. The molecule has 0 saturated heterocycles. The Morgan fingerprint density at radius 1 is 1.28 bits per heavy atom. The molecule has 0 saturated carbocycles.